The zero-order valence-corrected chi connectivity index (χ0v) is 21.6. The van der Waals surface area contributed by atoms with Crippen LogP contribution in [0.25, 0.3) is 33.6 Å². The molecule has 0 unspecified atom stereocenters. The molecule has 2 aliphatic heterocycles. The second-order valence-electron chi connectivity index (χ2n) is 8.99. The molecule has 0 aliphatic carbocycles. The lowest BCUT2D eigenvalue weighted by Gasteiger charge is -2.14. The van der Waals surface area contributed by atoms with Gasteiger partial charge in [0.05, 0.1) is 39.1 Å². The van der Waals surface area contributed by atoms with Gasteiger partial charge in [0.2, 0.25) is 11.9 Å². The number of nitrogens with one attached hydrogen (secondary N) is 1. The third-order valence-corrected chi connectivity index (χ3v) is 7.47. The SMILES string of the molecule is Fc1nc(-c2cccc(-c3cccc(-c4ccc(C5=NCCN5)c(F)n4)c3Cl)c2Cl)ccc1C1=NCCC1. The van der Waals surface area contributed by atoms with Crippen LogP contribution in [0.3, 0.4) is 0 Å². The van der Waals surface area contributed by atoms with Gasteiger partial charge in [0, 0.05) is 41.1 Å². The molecule has 5 nitrogen and oxygen atoms in total. The molecule has 2 aromatic heterocycles. The smallest absolute Gasteiger partial charge is 0.224 e. The summed E-state index contributed by atoms with van der Waals surface area (Å²) in [6.07, 6.45) is 1.67. The largest absolute Gasteiger partial charge is 0.368 e. The highest BCUT2D eigenvalue weighted by Gasteiger charge is 2.20. The van der Waals surface area contributed by atoms with Gasteiger partial charge in [0.1, 0.15) is 5.84 Å². The Morgan fingerprint density at radius 2 is 1.21 bits per heavy atom. The lowest BCUT2D eigenvalue weighted by molar-refractivity contribution is 0.581. The van der Waals surface area contributed by atoms with E-state index < -0.39 is 11.9 Å². The minimum atomic E-state index is -0.628. The van der Waals surface area contributed by atoms with Crippen LogP contribution in [0.15, 0.2) is 70.6 Å². The van der Waals surface area contributed by atoms with E-state index in [1.165, 1.54) is 0 Å². The molecule has 0 amide bonds. The van der Waals surface area contributed by atoms with Gasteiger partial charge in [-0.2, -0.15) is 8.78 Å². The predicted octanol–water partition coefficient (Wildman–Crippen LogP) is 7.00. The van der Waals surface area contributed by atoms with Crippen molar-refractivity contribution in [1.29, 1.82) is 0 Å². The zero-order chi connectivity index (χ0) is 26.2. The van der Waals surface area contributed by atoms with Crippen LogP contribution in [-0.4, -0.2) is 41.1 Å². The van der Waals surface area contributed by atoms with Crippen LogP contribution in [0.4, 0.5) is 8.78 Å². The van der Waals surface area contributed by atoms with Crippen LogP contribution in [0.2, 0.25) is 10.0 Å². The fourth-order valence-corrected chi connectivity index (χ4v) is 5.42. The van der Waals surface area contributed by atoms with E-state index in [2.05, 4.69) is 25.3 Å². The number of amidine groups is 1. The average molecular weight is 548 g/mol. The Hall–Kier alpha value is -3.68. The second-order valence-corrected chi connectivity index (χ2v) is 9.75. The van der Waals surface area contributed by atoms with Crippen molar-refractivity contribution in [2.45, 2.75) is 12.8 Å². The van der Waals surface area contributed by atoms with E-state index in [4.69, 9.17) is 23.2 Å². The standard InChI is InChI=1S/C29H21Cl2F2N5/c30-25-16(4-1-6-18(25)23-11-9-20(27(32)37-23)22-8-3-13-34-22)17-5-2-7-19(26(17)31)24-12-10-21(28(33)38-24)29-35-14-15-36-29/h1-2,4-7,9-12H,3,8,13-15H2,(H,35,36). The number of halogens is 4. The van der Waals surface area contributed by atoms with Crippen molar-refractivity contribution in [3.05, 3.63) is 93.7 Å². The van der Waals surface area contributed by atoms with Crippen molar-refractivity contribution in [1.82, 2.24) is 15.3 Å². The summed E-state index contributed by atoms with van der Waals surface area (Å²) in [5.74, 6) is -0.698. The maximum atomic E-state index is 14.9. The van der Waals surface area contributed by atoms with Crippen LogP contribution in [0.1, 0.15) is 24.0 Å². The zero-order valence-electron chi connectivity index (χ0n) is 20.1. The molecule has 2 aromatic carbocycles. The third-order valence-electron chi connectivity index (χ3n) is 6.65. The number of aliphatic imine (C=N–C) groups is 2. The number of benzene rings is 2. The van der Waals surface area contributed by atoms with Crippen LogP contribution in [0.5, 0.6) is 0 Å². The summed E-state index contributed by atoms with van der Waals surface area (Å²) >= 11 is 13.7. The minimum absolute atomic E-state index is 0.319. The number of hydrogen-bond donors (Lipinski definition) is 1. The number of nitrogens with zero attached hydrogens (tertiary/aromatic N) is 4. The topological polar surface area (TPSA) is 62.5 Å². The second kappa shape index (κ2) is 10.2. The quantitative estimate of drug-likeness (QED) is 0.274. The number of hydrogen-bond acceptors (Lipinski definition) is 5. The van der Waals surface area contributed by atoms with Gasteiger partial charge >= 0.3 is 0 Å². The van der Waals surface area contributed by atoms with Crippen LogP contribution < -0.4 is 5.32 Å². The molecule has 9 heteroatoms. The Morgan fingerprint density at radius 1 is 0.632 bits per heavy atom. The first-order chi connectivity index (χ1) is 18.5. The monoisotopic (exact) mass is 547 g/mol. The van der Waals surface area contributed by atoms with E-state index in [1.54, 1.807) is 36.4 Å². The fourth-order valence-electron chi connectivity index (χ4n) is 4.77. The van der Waals surface area contributed by atoms with Crippen LogP contribution in [0, 0.1) is 11.9 Å². The van der Waals surface area contributed by atoms with Gasteiger partial charge in [-0.3, -0.25) is 9.98 Å². The molecule has 0 saturated carbocycles. The van der Waals surface area contributed by atoms with Crippen molar-refractivity contribution < 1.29 is 8.78 Å². The predicted molar refractivity (Wildman–Crippen MR) is 148 cm³/mol. The lowest BCUT2D eigenvalue weighted by atomic mass is 9.98. The molecular weight excluding hydrogens is 527 g/mol. The minimum Gasteiger partial charge on any atom is -0.368 e. The molecular formula is C29H21Cl2F2N5. The molecule has 38 heavy (non-hydrogen) atoms. The lowest BCUT2D eigenvalue weighted by Crippen LogP contribution is -2.21. The number of aromatic nitrogens is 2. The molecule has 0 radical (unpaired) electrons. The van der Waals surface area contributed by atoms with Crippen molar-refractivity contribution in [2.75, 3.05) is 19.6 Å². The van der Waals surface area contributed by atoms with Gasteiger partial charge in [-0.15, -0.1) is 0 Å². The Balaban J connectivity index is 1.37. The Labute approximate surface area is 228 Å². The molecule has 0 atom stereocenters. The third kappa shape index (κ3) is 4.46. The van der Waals surface area contributed by atoms with Gasteiger partial charge in [0.25, 0.3) is 0 Å². The first-order valence-corrected chi connectivity index (χ1v) is 13.0. The van der Waals surface area contributed by atoms with Crippen molar-refractivity contribution in [3.63, 3.8) is 0 Å². The molecule has 6 rings (SSSR count). The summed E-state index contributed by atoms with van der Waals surface area (Å²) in [5, 5.41) is 3.81. The number of rotatable bonds is 5. The summed E-state index contributed by atoms with van der Waals surface area (Å²) in [7, 11) is 0. The van der Waals surface area contributed by atoms with Gasteiger partial charge in [-0.05, 0) is 37.1 Å². The Kier molecular flexibility index (Phi) is 6.64. The van der Waals surface area contributed by atoms with Gasteiger partial charge < -0.3 is 5.32 Å². The van der Waals surface area contributed by atoms with Crippen LogP contribution in [-0.2, 0) is 0 Å². The van der Waals surface area contributed by atoms with Gasteiger partial charge in [-0.25, -0.2) is 9.97 Å². The Bertz CT molecular complexity index is 1510. The molecule has 4 aromatic rings. The molecule has 0 saturated heterocycles. The maximum Gasteiger partial charge on any atom is 0.224 e. The summed E-state index contributed by atoms with van der Waals surface area (Å²) in [6.45, 7) is 1.99. The molecule has 0 fully saturated rings. The normalized spacial score (nSPS) is 14.8. The number of pyridine rings is 2. The fraction of sp³-hybridized carbons (Fsp3) is 0.172. The summed E-state index contributed by atoms with van der Waals surface area (Å²) in [6, 6.07) is 17.7. The van der Waals surface area contributed by atoms with E-state index in [0.29, 0.717) is 80.3 Å². The van der Waals surface area contributed by atoms with Crippen molar-refractivity contribution in [2.24, 2.45) is 9.98 Å². The molecule has 0 bridgehead atoms. The highest BCUT2D eigenvalue weighted by molar-refractivity contribution is 6.39. The van der Waals surface area contributed by atoms with Gasteiger partial charge in [0.15, 0.2) is 0 Å². The molecule has 4 heterocycles. The average Bonchev–Trinajstić information content (AvgIpc) is 3.64. The van der Waals surface area contributed by atoms with E-state index >= 15 is 0 Å². The summed E-state index contributed by atoms with van der Waals surface area (Å²) in [4.78, 5) is 17.0. The molecule has 2 aliphatic rings. The molecule has 0 spiro atoms. The van der Waals surface area contributed by atoms with Gasteiger partial charge in [-0.1, -0.05) is 59.6 Å². The first-order valence-electron chi connectivity index (χ1n) is 12.2. The summed E-state index contributed by atoms with van der Waals surface area (Å²) in [5.41, 5.74) is 4.70. The van der Waals surface area contributed by atoms with Crippen LogP contribution >= 0.6 is 23.2 Å². The first kappa shape index (κ1) is 24.6. The summed E-state index contributed by atoms with van der Waals surface area (Å²) < 4.78 is 29.8. The van der Waals surface area contributed by atoms with E-state index in [1.807, 2.05) is 24.3 Å². The Morgan fingerprint density at radius 3 is 1.71 bits per heavy atom. The molecule has 1 N–H and O–H groups in total. The maximum absolute atomic E-state index is 14.9. The van der Waals surface area contributed by atoms with Crippen molar-refractivity contribution >= 4 is 34.7 Å². The molecule has 190 valence electrons. The highest BCUT2D eigenvalue weighted by atomic mass is 35.5. The highest BCUT2D eigenvalue weighted by Crippen LogP contribution is 2.42. The van der Waals surface area contributed by atoms with E-state index in [-0.39, 0.29) is 0 Å². The van der Waals surface area contributed by atoms with E-state index in [0.717, 1.165) is 18.6 Å². The van der Waals surface area contributed by atoms with E-state index in [9.17, 15) is 8.78 Å². The van der Waals surface area contributed by atoms with Crippen molar-refractivity contribution in [3.8, 4) is 33.6 Å².